The summed E-state index contributed by atoms with van der Waals surface area (Å²) in [6, 6.07) is 0. The van der Waals surface area contributed by atoms with Gasteiger partial charge >= 0.3 is 0 Å². The second-order valence-electron chi connectivity index (χ2n) is 5.76. The first-order valence-electron chi connectivity index (χ1n) is 7.32. The lowest BCUT2D eigenvalue weighted by Gasteiger charge is -2.29. The molecule has 0 bridgehead atoms. The molecule has 1 unspecified atom stereocenters. The topological polar surface area (TPSA) is 29.3 Å². The lowest BCUT2D eigenvalue weighted by Crippen LogP contribution is -2.36. The SMILES string of the molecule is NCC(CN1CCCCCC1)C1CCCC1. The summed E-state index contributed by atoms with van der Waals surface area (Å²) in [7, 11) is 0. The highest BCUT2D eigenvalue weighted by atomic mass is 15.1. The van der Waals surface area contributed by atoms with Crippen LogP contribution in [0.3, 0.4) is 0 Å². The van der Waals surface area contributed by atoms with Crippen LogP contribution in [0.15, 0.2) is 0 Å². The molecule has 16 heavy (non-hydrogen) atoms. The van der Waals surface area contributed by atoms with Crippen LogP contribution in [0, 0.1) is 11.8 Å². The summed E-state index contributed by atoms with van der Waals surface area (Å²) in [6.07, 6.45) is 11.5. The molecular weight excluding hydrogens is 196 g/mol. The van der Waals surface area contributed by atoms with Crippen LogP contribution in [0.4, 0.5) is 0 Å². The standard InChI is InChI=1S/C14H28N2/c15-11-14(13-7-3-4-8-13)12-16-9-5-1-2-6-10-16/h13-14H,1-12,15H2. The maximum Gasteiger partial charge on any atom is 0.00244 e. The molecule has 1 saturated heterocycles. The summed E-state index contributed by atoms with van der Waals surface area (Å²) in [5, 5.41) is 0. The Balaban J connectivity index is 1.79. The predicted molar refractivity (Wildman–Crippen MR) is 69.4 cm³/mol. The quantitative estimate of drug-likeness (QED) is 0.795. The van der Waals surface area contributed by atoms with Crippen LogP contribution in [-0.2, 0) is 0 Å². The van der Waals surface area contributed by atoms with Crippen molar-refractivity contribution in [3.8, 4) is 0 Å². The van der Waals surface area contributed by atoms with E-state index < -0.39 is 0 Å². The average molecular weight is 224 g/mol. The van der Waals surface area contributed by atoms with E-state index in [0.717, 1.165) is 18.4 Å². The van der Waals surface area contributed by atoms with E-state index in [1.165, 1.54) is 71.0 Å². The van der Waals surface area contributed by atoms with E-state index in [4.69, 9.17) is 5.73 Å². The van der Waals surface area contributed by atoms with Crippen LogP contribution in [-0.4, -0.2) is 31.1 Å². The highest BCUT2D eigenvalue weighted by Crippen LogP contribution is 2.31. The first kappa shape index (κ1) is 12.4. The van der Waals surface area contributed by atoms with Crippen molar-refractivity contribution < 1.29 is 0 Å². The molecule has 0 aromatic carbocycles. The van der Waals surface area contributed by atoms with Gasteiger partial charge in [-0.15, -0.1) is 0 Å². The highest BCUT2D eigenvalue weighted by molar-refractivity contribution is 4.79. The first-order valence-corrected chi connectivity index (χ1v) is 7.32. The maximum absolute atomic E-state index is 5.98. The second-order valence-corrected chi connectivity index (χ2v) is 5.76. The normalized spacial score (nSPS) is 26.8. The molecule has 0 spiro atoms. The molecule has 94 valence electrons. The Morgan fingerprint density at radius 3 is 2.12 bits per heavy atom. The van der Waals surface area contributed by atoms with Gasteiger partial charge in [0.25, 0.3) is 0 Å². The fraction of sp³-hybridized carbons (Fsp3) is 1.00. The fourth-order valence-electron chi connectivity index (χ4n) is 3.50. The minimum absolute atomic E-state index is 0.778. The Kier molecular flexibility index (Phi) is 5.11. The molecule has 1 aliphatic carbocycles. The largest absolute Gasteiger partial charge is 0.330 e. The van der Waals surface area contributed by atoms with Gasteiger partial charge in [-0.3, -0.25) is 0 Å². The van der Waals surface area contributed by atoms with E-state index in [2.05, 4.69) is 4.90 Å². The van der Waals surface area contributed by atoms with Crippen molar-refractivity contribution in [2.24, 2.45) is 17.6 Å². The van der Waals surface area contributed by atoms with E-state index in [1.54, 1.807) is 0 Å². The minimum Gasteiger partial charge on any atom is -0.330 e. The molecule has 2 aliphatic rings. The van der Waals surface area contributed by atoms with Gasteiger partial charge in [-0.05, 0) is 44.3 Å². The van der Waals surface area contributed by atoms with Gasteiger partial charge in [-0.25, -0.2) is 0 Å². The second kappa shape index (κ2) is 6.61. The summed E-state index contributed by atoms with van der Waals surface area (Å²) in [5.41, 5.74) is 5.98. The van der Waals surface area contributed by atoms with Gasteiger partial charge in [0.2, 0.25) is 0 Å². The van der Waals surface area contributed by atoms with Crippen LogP contribution < -0.4 is 5.73 Å². The molecule has 0 aromatic heterocycles. The van der Waals surface area contributed by atoms with E-state index >= 15 is 0 Å². The van der Waals surface area contributed by atoms with Crippen molar-refractivity contribution in [1.29, 1.82) is 0 Å². The van der Waals surface area contributed by atoms with Gasteiger partial charge in [0.1, 0.15) is 0 Å². The number of hydrogen-bond donors (Lipinski definition) is 1. The number of nitrogens with zero attached hydrogens (tertiary/aromatic N) is 1. The number of hydrogen-bond acceptors (Lipinski definition) is 2. The van der Waals surface area contributed by atoms with Crippen molar-refractivity contribution in [2.75, 3.05) is 26.2 Å². The Morgan fingerprint density at radius 1 is 0.938 bits per heavy atom. The third-order valence-corrected chi connectivity index (χ3v) is 4.56. The molecule has 0 radical (unpaired) electrons. The maximum atomic E-state index is 5.98. The van der Waals surface area contributed by atoms with Crippen LogP contribution in [0.2, 0.25) is 0 Å². The number of likely N-dealkylation sites (tertiary alicyclic amines) is 1. The molecule has 1 aliphatic heterocycles. The molecule has 2 fully saturated rings. The first-order chi connectivity index (χ1) is 7.90. The van der Waals surface area contributed by atoms with Gasteiger partial charge in [0.05, 0.1) is 0 Å². The van der Waals surface area contributed by atoms with Gasteiger partial charge in [0.15, 0.2) is 0 Å². The van der Waals surface area contributed by atoms with Gasteiger partial charge in [-0.1, -0.05) is 38.5 Å². The fourth-order valence-corrected chi connectivity index (χ4v) is 3.50. The van der Waals surface area contributed by atoms with Crippen molar-refractivity contribution in [3.63, 3.8) is 0 Å². The van der Waals surface area contributed by atoms with Gasteiger partial charge in [0, 0.05) is 6.54 Å². The zero-order valence-electron chi connectivity index (χ0n) is 10.7. The van der Waals surface area contributed by atoms with E-state index in [9.17, 15) is 0 Å². The molecule has 2 heteroatoms. The van der Waals surface area contributed by atoms with Crippen LogP contribution >= 0.6 is 0 Å². The Labute approximate surface area is 101 Å². The zero-order valence-corrected chi connectivity index (χ0v) is 10.7. The summed E-state index contributed by atoms with van der Waals surface area (Å²) in [4.78, 5) is 2.68. The summed E-state index contributed by atoms with van der Waals surface area (Å²) in [5.74, 6) is 1.72. The molecule has 1 atom stereocenters. The third kappa shape index (κ3) is 3.46. The smallest absolute Gasteiger partial charge is 0.00244 e. The molecule has 1 saturated carbocycles. The Bertz CT molecular complexity index is 179. The summed E-state index contributed by atoms with van der Waals surface area (Å²) >= 11 is 0. The molecule has 2 N–H and O–H groups in total. The lowest BCUT2D eigenvalue weighted by atomic mass is 9.90. The Morgan fingerprint density at radius 2 is 1.56 bits per heavy atom. The van der Waals surface area contributed by atoms with Crippen molar-refractivity contribution in [3.05, 3.63) is 0 Å². The average Bonchev–Trinajstić information content (AvgIpc) is 2.71. The van der Waals surface area contributed by atoms with Gasteiger partial charge < -0.3 is 10.6 Å². The monoisotopic (exact) mass is 224 g/mol. The third-order valence-electron chi connectivity index (χ3n) is 4.56. The van der Waals surface area contributed by atoms with Gasteiger partial charge in [-0.2, -0.15) is 0 Å². The van der Waals surface area contributed by atoms with E-state index in [1.807, 2.05) is 0 Å². The molecule has 0 amide bonds. The summed E-state index contributed by atoms with van der Waals surface area (Å²) < 4.78 is 0. The molecular formula is C14H28N2. The predicted octanol–water partition coefficient (Wildman–Crippen LogP) is 2.63. The van der Waals surface area contributed by atoms with Crippen LogP contribution in [0.25, 0.3) is 0 Å². The molecule has 0 aromatic rings. The minimum atomic E-state index is 0.778. The van der Waals surface area contributed by atoms with Crippen molar-refractivity contribution in [1.82, 2.24) is 4.90 Å². The van der Waals surface area contributed by atoms with Crippen LogP contribution in [0.1, 0.15) is 51.4 Å². The van der Waals surface area contributed by atoms with E-state index in [0.29, 0.717) is 0 Å². The molecule has 1 heterocycles. The summed E-state index contributed by atoms with van der Waals surface area (Å²) in [6.45, 7) is 4.83. The van der Waals surface area contributed by atoms with Crippen molar-refractivity contribution >= 4 is 0 Å². The molecule has 2 rings (SSSR count). The number of rotatable bonds is 4. The zero-order chi connectivity index (χ0) is 11.2. The van der Waals surface area contributed by atoms with Crippen molar-refractivity contribution in [2.45, 2.75) is 51.4 Å². The lowest BCUT2D eigenvalue weighted by molar-refractivity contribution is 0.199. The Hall–Kier alpha value is -0.0800. The number of nitrogens with two attached hydrogens (primary N) is 1. The van der Waals surface area contributed by atoms with Crippen LogP contribution in [0.5, 0.6) is 0 Å². The van der Waals surface area contributed by atoms with E-state index in [-0.39, 0.29) is 0 Å². The molecule has 2 nitrogen and oxygen atoms in total. The highest BCUT2D eigenvalue weighted by Gasteiger charge is 2.25.